The average Bonchev–Trinajstić information content (AvgIpc) is 2.31. The summed E-state index contributed by atoms with van der Waals surface area (Å²) in [4.78, 5) is 24.0. The van der Waals surface area contributed by atoms with Gasteiger partial charge in [0.1, 0.15) is 6.54 Å². The van der Waals surface area contributed by atoms with E-state index in [1.54, 1.807) is 0 Å². The van der Waals surface area contributed by atoms with Gasteiger partial charge in [0.05, 0.1) is 26.1 Å². The summed E-state index contributed by atoms with van der Waals surface area (Å²) in [6, 6.07) is 1.82. The molecule has 0 heterocycles. The lowest BCUT2D eigenvalue weighted by Crippen LogP contribution is -2.38. The first-order valence-corrected chi connectivity index (χ1v) is 5.06. The maximum atomic E-state index is 11.3. The van der Waals surface area contributed by atoms with Crippen LogP contribution in [-0.4, -0.2) is 50.1 Å². The number of methoxy groups -OCH3 is 1. The number of carbonyl (C=O) groups excluding carboxylic acids is 2. The van der Waals surface area contributed by atoms with E-state index in [4.69, 9.17) is 5.26 Å². The number of rotatable bonds is 7. The monoisotopic (exact) mass is 227 g/mol. The van der Waals surface area contributed by atoms with Crippen LogP contribution in [0.5, 0.6) is 0 Å². The molecule has 0 aliphatic rings. The van der Waals surface area contributed by atoms with Crippen LogP contribution in [0.2, 0.25) is 0 Å². The van der Waals surface area contributed by atoms with Gasteiger partial charge in [-0.1, -0.05) is 6.92 Å². The molecule has 0 aliphatic heterocycles. The summed E-state index contributed by atoms with van der Waals surface area (Å²) >= 11 is 0. The number of amides is 1. The van der Waals surface area contributed by atoms with E-state index in [0.29, 0.717) is 13.1 Å². The Labute approximate surface area is 95.2 Å². The molecule has 0 unspecified atom stereocenters. The standard InChI is InChI=1S/C10H17N3O3/c1-3-13(7-4-10(15)16-2)8-9(14)12-6-5-11/h3-4,6-8H2,1-2H3,(H,12,14). The Morgan fingerprint density at radius 1 is 1.50 bits per heavy atom. The Morgan fingerprint density at radius 3 is 2.69 bits per heavy atom. The minimum Gasteiger partial charge on any atom is -0.469 e. The van der Waals surface area contributed by atoms with Gasteiger partial charge in [-0.15, -0.1) is 0 Å². The molecule has 1 amide bonds. The topological polar surface area (TPSA) is 82.4 Å². The molecule has 0 aromatic heterocycles. The second kappa shape index (κ2) is 8.68. The minimum absolute atomic E-state index is 0.00733. The Bertz CT molecular complexity index is 273. The van der Waals surface area contributed by atoms with Crippen molar-refractivity contribution in [1.82, 2.24) is 10.2 Å². The van der Waals surface area contributed by atoms with Crippen molar-refractivity contribution in [2.75, 3.05) is 33.3 Å². The van der Waals surface area contributed by atoms with E-state index in [-0.39, 0.29) is 31.4 Å². The average molecular weight is 227 g/mol. The first-order valence-electron chi connectivity index (χ1n) is 5.06. The van der Waals surface area contributed by atoms with Crippen LogP contribution in [-0.2, 0) is 14.3 Å². The van der Waals surface area contributed by atoms with Gasteiger partial charge in [-0.2, -0.15) is 5.26 Å². The number of nitrogens with zero attached hydrogens (tertiary/aromatic N) is 2. The van der Waals surface area contributed by atoms with Crippen molar-refractivity contribution in [2.24, 2.45) is 0 Å². The molecule has 0 spiro atoms. The van der Waals surface area contributed by atoms with Gasteiger partial charge in [0.25, 0.3) is 0 Å². The summed E-state index contributed by atoms with van der Waals surface area (Å²) in [5, 5.41) is 10.7. The third-order valence-corrected chi connectivity index (χ3v) is 2.04. The molecule has 16 heavy (non-hydrogen) atoms. The lowest BCUT2D eigenvalue weighted by atomic mass is 10.3. The highest BCUT2D eigenvalue weighted by molar-refractivity contribution is 5.78. The van der Waals surface area contributed by atoms with E-state index in [2.05, 4.69) is 10.1 Å². The predicted octanol–water partition coefficient (Wildman–Crippen LogP) is -0.489. The minimum atomic E-state index is -0.295. The normalized spacial score (nSPS) is 9.62. The van der Waals surface area contributed by atoms with Gasteiger partial charge < -0.3 is 10.1 Å². The number of likely N-dealkylation sites (N-methyl/N-ethyl adjacent to an activating group) is 1. The van der Waals surface area contributed by atoms with Crippen LogP contribution in [0.25, 0.3) is 0 Å². The number of esters is 1. The van der Waals surface area contributed by atoms with Crippen LogP contribution in [0.1, 0.15) is 13.3 Å². The molecule has 0 aromatic carbocycles. The van der Waals surface area contributed by atoms with Gasteiger partial charge in [-0.05, 0) is 6.54 Å². The Balaban J connectivity index is 3.87. The van der Waals surface area contributed by atoms with E-state index in [9.17, 15) is 9.59 Å². The highest BCUT2D eigenvalue weighted by Gasteiger charge is 2.10. The third kappa shape index (κ3) is 6.79. The molecule has 1 N–H and O–H groups in total. The van der Waals surface area contributed by atoms with Crippen molar-refractivity contribution in [3.05, 3.63) is 0 Å². The second-order valence-electron chi connectivity index (χ2n) is 3.13. The van der Waals surface area contributed by atoms with Crippen molar-refractivity contribution >= 4 is 11.9 Å². The van der Waals surface area contributed by atoms with Crippen LogP contribution >= 0.6 is 0 Å². The molecule has 0 aromatic rings. The second-order valence-corrected chi connectivity index (χ2v) is 3.13. The number of nitrogens with one attached hydrogen (secondary N) is 1. The van der Waals surface area contributed by atoms with E-state index in [0.717, 1.165) is 0 Å². The summed E-state index contributed by atoms with van der Waals surface area (Å²) in [6.45, 7) is 3.23. The molecule has 6 nitrogen and oxygen atoms in total. The van der Waals surface area contributed by atoms with Gasteiger partial charge >= 0.3 is 5.97 Å². The predicted molar refractivity (Wildman–Crippen MR) is 57.4 cm³/mol. The van der Waals surface area contributed by atoms with Crippen molar-refractivity contribution in [3.8, 4) is 6.07 Å². The Hall–Kier alpha value is -1.61. The van der Waals surface area contributed by atoms with E-state index in [1.165, 1.54) is 7.11 Å². The van der Waals surface area contributed by atoms with Crippen molar-refractivity contribution in [1.29, 1.82) is 5.26 Å². The molecule has 0 radical (unpaired) electrons. The van der Waals surface area contributed by atoms with Crippen LogP contribution in [0.4, 0.5) is 0 Å². The van der Waals surface area contributed by atoms with Crippen molar-refractivity contribution < 1.29 is 14.3 Å². The fourth-order valence-corrected chi connectivity index (χ4v) is 1.10. The first-order chi connectivity index (χ1) is 7.63. The summed E-state index contributed by atoms with van der Waals surface area (Å²) in [7, 11) is 1.33. The molecule has 0 aliphatic carbocycles. The maximum absolute atomic E-state index is 11.3. The third-order valence-electron chi connectivity index (χ3n) is 2.04. The highest BCUT2D eigenvalue weighted by atomic mass is 16.5. The number of ether oxygens (including phenoxy) is 1. The number of carbonyl (C=O) groups is 2. The highest BCUT2D eigenvalue weighted by Crippen LogP contribution is 1.92. The number of hydrogen-bond donors (Lipinski definition) is 1. The summed E-state index contributed by atoms with van der Waals surface area (Å²) < 4.78 is 4.51. The largest absolute Gasteiger partial charge is 0.469 e. The van der Waals surface area contributed by atoms with Crippen molar-refractivity contribution in [3.63, 3.8) is 0 Å². The molecule has 0 saturated heterocycles. The van der Waals surface area contributed by atoms with Crippen LogP contribution in [0.3, 0.4) is 0 Å². The summed E-state index contributed by atoms with van der Waals surface area (Å²) in [6.07, 6.45) is 0.260. The van der Waals surface area contributed by atoms with Gasteiger partial charge in [-0.25, -0.2) is 0 Å². The zero-order valence-corrected chi connectivity index (χ0v) is 9.65. The fourth-order valence-electron chi connectivity index (χ4n) is 1.10. The molecular weight excluding hydrogens is 210 g/mol. The Morgan fingerprint density at radius 2 is 2.19 bits per heavy atom. The SMILES string of the molecule is CCN(CCC(=O)OC)CC(=O)NCC#N. The molecule has 90 valence electrons. The zero-order chi connectivity index (χ0) is 12.4. The van der Waals surface area contributed by atoms with E-state index >= 15 is 0 Å². The molecule has 0 fully saturated rings. The zero-order valence-electron chi connectivity index (χ0n) is 9.65. The molecule has 0 rings (SSSR count). The molecular formula is C10H17N3O3. The number of nitriles is 1. The molecule has 0 bridgehead atoms. The quantitative estimate of drug-likeness (QED) is 0.469. The molecule has 6 heteroatoms. The molecule has 0 atom stereocenters. The van der Waals surface area contributed by atoms with Crippen molar-refractivity contribution in [2.45, 2.75) is 13.3 Å². The smallest absolute Gasteiger partial charge is 0.306 e. The fraction of sp³-hybridized carbons (Fsp3) is 0.700. The van der Waals surface area contributed by atoms with E-state index in [1.807, 2.05) is 17.9 Å². The van der Waals surface area contributed by atoms with Crippen LogP contribution in [0.15, 0.2) is 0 Å². The lowest BCUT2D eigenvalue weighted by Gasteiger charge is -2.18. The van der Waals surface area contributed by atoms with E-state index < -0.39 is 0 Å². The summed E-state index contributed by atoms with van der Waals surface area (Å²) in [5.41, 5.74) is 0. The van der Waals surface area contributed by atoms with Crippen LogP contribution in [0, 0.1) is 11.3 Å². The number of hydrogen-bond acceptors (Lipinski definition) is 5. The van der Waals surface area contributed by atoms with Gasteiger partial charge in [0.15, 0.2) is 0 Å². The lowest BCUT2D eigenvalue weighted by molar-refractivity contribution is -0.141. The van der Waals surface area contributed by atoms with Gasteiger partial charge in [-0.3, -0.25) is 14.5 Å². The van der Waals surface area contributed by atoms with Gasteiger partial charge in [0.2, 0.25) is 5.91 Å². The Kier molecular flexibility index (Phi) is 7.81. The van der Waals surface area contributed by atoms with Crippen LogP contribution < -0.4 is 5.32 Å². The molecule has 0 saturated carbocycles. The first kappa shape index (κ1) is 14.4. The maximum Gasteiger partial charge on any atom is 0.306 e. The van der Waals surface area contributed by atoms with Gasteiger partial charge in [0, 0.05) is 6.54 Å². The summed E-state index contributed by atoms with van der Waals surface area (Å²) in [5.74, 6) is -0.510.